The highest BCUT2D eigenvalue weighted by atomic mass is 32.1. The molecule has 3 aliphatic heterocycles. The van der Waals surface area contributed by atoms with Crippen LogP contribution in [0.2, 0.25) is 0 Å². The number of aromatic hydroxyl groups is 6. The summed E-state index contributed by atoms with van der Waals surface area (Å²) in [5.41, 5.74) is 9.80. The zero-order valence-corrected chi connectivity index (χ0v) is 73.1. The standard InChI is InChI=1S/C23H22N2O5S2.2C18H20N2O5S2.C17H26N2.C12H18N2/c1-30-22(29)17-12-20(15-5-3-2-4-6-15)32-21(17)25-23(31)24-13-16(26)9-7-14-8-10-18(27)19(28)11-14;2*1-10-7-13(17(24)25-2)16(27-10)20-18(26)19-9-12(21)5-3-11-4-6-14(22)15(23)8-11;1-15-5-7-16(8-6-15)19-13-9-17(10-14-19)18-11-3-2-4-12-18;1-11-3-5-12(6-4-11)14-9-7-13(2)8-10-14/h2-6,8,10-12,27-28H,7,9,13H2,1H3,(H2,24,25,31);2*4,6-8,22-23H,3,5,9H2,1-2H3,(H2,19,20,26);5-8,17H,2-4,9-14H2,1H3;3-6H,7-10H2,1-2H3. The normalized spacial score (nSPS) is 13.3. The predicted octanol–water partition coefficient (Wildman–Crippen LogP) is 14.8. The average molecular weight is 1740 g/mol. The van der Waals surface area contributed by atoms with Crippen LogP contribution in [0.1, 0.15) is 120 Å². The second-order valence-corrected chi connectivity index (χ2v) is 33.5. The van der Waals surface area contributed by atoms with Crippen LogP contribution in [0.4, 0.5) is 26.4 Å². The van der Waals surface area contributed by atoms with Crippen LogP contribution >= 0.6 is 70.7 Å². The first-order valence-corrected chi connectivity index (χ1v) is 42.7. The van der Waals surface area contributed by atoms with Crippen molar-refractivity contribution in [1.82, 2.24) is 25.8 Å². The molecule has 0 saturated carbocycles. The Hall–Kier alpha value is -10.8. The second-order valence-electron chi connectivity index (χ2n) is 28.7. The number of ether oxygens (including phenoxy) is 3. The number of aryl methyl sites for hydroxylation is 7. The van der Waals surface area contributed by atoms with Crippen molar-refractivity contribution in [1.29, 1.82) is 0 Å². The van der Waals surface area contributed by atoms with Gasteiger partial charge in [-0.05, 0) is 231 Å². The number of benzene rings is 6. The summed E-state index contributed by atoms with van der Waals surface area (Å²) in [4.78, 5) is 84.8. The van der Waals surface area contributed by atoms with Gasteiger partial charge in [-0.3, -0.25) is 14.4 Å². The molecule has 12 N–H and O–H groups in total. The van der Waals surface area contributed by atoms with Crippen LogP contribution in [0.3, 0.4) is 0 Å². The first-order chi connectivity index (χ1) is 57.0. The van der Waals surface area contributed by atoms with Crippen molar-refractivity contribution in [2.24, 2.45) is 0 Å². The number of hydrogen-bond donors (Lipinski definition) is 12. The van der Waals surface area contributed by atoms with Gasteiger partial charge in [0.25, 0.3) is 0 Å². The second kappa shape index (κ2) is 47.7. The van der Waals surface area contributed by atoms with Crippen molar-refractivity contribution >= 4 is 148 Å². The Kier molecular flexibility index (Phi) is 37.6. The number of carbonyl (C=O) groups is 6. The summed E-state index contributed by atoms with van der Waals surface area (Å²) in [6.07, 6.45) is 9.00. The lowest BCUT2D eigenvalue weighted by Crippen LogP contribution is -2.46. The number of anilines is 5. The largest absolute Gasteiger partial charge is 0.504 e. The fourth-order valence-electron chi connectivity index (χ4n) is 12.8. The van der Waals surface area contributed by atoms with Crippen molar-refractivity contribution in [3.05, 3.63) is 206 Å². The van der Waals surface area contributed by atoms with Crippen LogP contribution in [0.5, 0.6) is 34.5 Å². The summed E-state index contributed by atoms with van der Waals surface area (Å²) < 4.78 is 14.3. The van der Waals surface area contributed by atoms with Crippen molar-refractivity contribution in [3.63, 3.8) is 0 Å². The molecular weight excluding hydrogens is 1630 g/mol. The highest BCUT2D eigenvalue weighted by Crippen LogP contribution is 2.37. The molecule has 3 saturated heterocycles. The minimum atomic E-state index is -0.484. The van der Waals surface area contributed by atoms with Gasteiger partial charge in [-0.2, -0.15) is 0 Å². The van der Waals surface area contributed by atoms with E-state index >= 15 is 0 Å². The lowest BCUT2D eigenvalue weighted by molar-refractivity contribution is -0.118. The van der Waals surface area contributed by atoms with Crippen LogP contribution in [-0.2, 0) is 47.9 Å². The van der Waals surface area contributed by atoms with Crippen LogP contribution in [0.15, 0.2) is 152 Å². The molecule has 3 aromatic heterocycles. The van der Waals surface area contributed by atoms with E-state index in [2.05, 4.69) is 121 Å². The highest BCUT2D eigenvalue weighted by molar-refractivity contribution is 7.81. The first-order valence-electron chi connectivity index (χ1n) is 39.0. The molecule has 6 aromatic carbocycles. The highest BCUT2D eigenvalue weighted by Gasteiger charge is 2.27. The van der Waals surface area contributed by atoms with Gasteiger partial charge in [0.1, 0.15) is 15.0 Å². The zero-order chi connectivity index (χ0) is 86.1. The molecule has 0 spiro atoms. The number of nitrogens with zero attached hydrogens (tertiary/aromatic N) is 4. The van der Waals surface area contributed by atoms with E-state index in [-0.39, 0.29) is 106 Å². The monoisotopic (exact) mass is 1730 g/mol. The zero-order valence-electron chi connectivity index (χ0n) is 68.2. The van der Waals surface area contributed by atoms with Gasteiger partial charge in [0.05, 0.1) is 57.7 Å². The maximum Gasteiger partial charge on any atom is 0.340 e. The van der Waals surface area contributed by atoms with Crippen LogP contribution in [0.25, 0.3) is 10.4 Å². The third kappa shape index (κ3) is 30.8. The van der Waals surface area contributed by atoms with Gasteiger partial charge in [-0.25, -0.2) is 14.4 Å². The number of Topliss-reactive ketones (excluding diaryl/α,β-unsaturated/α-hetero) is 3. The van der Waals surface area contributed by atoms with E-state index in [0.29, 0.717) is 51.0 Å². The molecule has 0 amide bonds. The smallest absolute Gasteiger partial charge is 0.340 e. The maximum atomic E-state index is 12.2. The molecule has 119 heavy (non-hydrogen) atoms. The van der Waals surface area contributed by atoms with Crippen molar-refractivity contribution < 1.29 is 73.6 Å². The number of phenols is 6. The third-order valence-electron chi connectivity index (χ3n) is 19.6. The van der Waals surface area contributed by atoms with E-state index in [1.165, 1.54) is 186 Å². The molecule has 3 aliphatic rings. The summed E-state index contributed by atoms with van der Waals surface area (Å²) in [5.74, 6) is -2.85. The number of phenolic OH excluding ortho intramolecular Hbond substituents is 6. The molecule has 0 atom stereocenters. The Bertz CT molecular complexity index is 4740. The number of esters is 3. The van der Waals surface area contributed by atoms with Gasteiger partial charge in [0, 0.05) is 90.6 Å². The number of nitrogens with one attached hydrogen (secondary N) is 6. The molecule has 6 heterocycles. The SMILES string of the molecule is COC(=O)c1cc(-c2ccccc2)sc1NC(=S)NCC(=O)CCc1ccc(O)c(O)c1.COC(=O)c1cc(C)sc1NC(=S)NCC(=O)CCc1ccc(O)c(O)c1.COC(=O)c1cc(C)sc1NC(=S)NCC(=O)CCc1ccc(O)c(O)c1.Cc1ccc(N2CCC(N3CCCCC3)CC2)cc1.Cc1ccc(N2CCN(C)CC2)cc1. The Morgan fingerprint density at radius 2 is 0.765 bits per heavy atom. The topological polar surface area (TPSA) is 337 Å². The number of piperidine rings is 2. The number of ketones is 3. The molecule has 0 bridgehead atoms. The van der Waals surface area contributed by atoms with Gasteiger partial charge in [-0.1, -0.05) is 90.3 Å². The van der Waals surface area contributed by atoms with E-state index in [4.69, 9.17) is 50.9 Å². The van der Waals surface area contributed by atoms with Gasteiger partial charge in [0.2, 0.25) is 0 Å². The minimum absolute atomic E-state index is 0.0143. The van der Waals surface area contributed by atoms with Gasteiger partial charge < -0.3 is 96.4 Å². The number of hydrogen-bond acceptors (Lipinski definition) is 25. The fourth-order valence-corrected chi connectivity index (χ4v) is 16.4. The number of likely N-dealkylation sites (tertiary alicyclic amines) is 1. The van der Waals surface area contributed by atoms with Crippen LogP contribution in [0, 0.1) is 27.7 Å². The summed E-state index contributed by atoms with van der Waals surface area (Å²) in [5, 5.41) is 76.0. The molecule has 31 heteroatoms. The van der Waals surface area contributed by atoms with E-state index in [1.54, 1.807) is 36.4 Å². The van der Waals surface area contributed by atoms with E-state index in [9.17, 15) is 59.4 Å². The maximum absolute atomic E-state index is 12.2. The quantitative estimate of drug-likeness (QED) is 0.0109. The van der Waals surface area contributed by atoms with Crippen molar-refractivity contribution in [3.8, 4) is 44.9 Å². The Labute approximate surface area is 723 Å². The van der Waals surface area contributed by atoms with E-state index in [1.807, 2.05) is 44.2 Å². The molecule has 0 radical (unpaired) electrons. The number of likely N-dealkylation sites (N-methyl/N-ethyl adjacent to an activating group) is 1. The molecule has 9 aromatic rings. The predicted molar refractivity (Wildman–Crippen MR) is 487 cm³/mol. The number of thiocarbonyl (C=S) groups is 3. The number of carbonyl (C=O) groups excluding carboxylic acids is 6. The van der Waals surface area contributed by atoms with Gasteiger partial charge in [-0.15, -0.1) is 34.0 Å². The van der Waals surface area contributed by atoms with Gasteiger partial charge in [0.15, 0.2) is 67.2 Å². The number of rotatable bonds is 25. The van der Waals surface area contributed by atoms with Gasteiger partial charge >= 0.3 is 17.9 Å². The Morgan fingerprint density at radius 1 is 0.412 bits per heavy atom. The number of methoxy groups -OCH3 is 3. The summed E-state index contributed by atoms with van der Waals surface area (Å²) >= 11 is 19.7. The summed E-state index contributed by atoms with van der Waals surface area (Å²) in [7, 11) is 6.12. The number of thiophene rings is 3. The van der Waals surface area contributed by atoms with Crippen LogP contribution < -0.4 is 41.7 Å². The number of piperazine rings is 1. The van der Waals surface area contributed by atoms with Crippen molar-refractivity contribution in [2.45, 2.75) is 104 Å². The minimum Gasteiger partial charge on any atom is -0.504 e. The Morgan fingerprint density at radius 3 is 1.13 bits per heavy atom. The Balaban J connectivity index is 0.000000189. The summed E-state index contributed by atoms with van der Waals surface area (Å²) in [6, 6.07) is 46.8. The van der Waals surface area contributed by atoms with E-state index < -0.39 is 17.9 Å². The lowest BCUT2D eigenvalue weighted by atomic mass is 9.99. The lowest BCUT2D eigenvalue weighted by Gasteiger charge is -2.41. The molecule has 12 rings (SSSR count). The molecule has 25 nitrogen and oxygen atoms in total. The fraction of sp³-hybridized carbons (Fsp3) is 0.352. The van der Waals surface area contributed by atoms with E-state index in [0.717, 1.165) is 56.0 Å². The molecule has 634 valence electrons. The summed E-state index contributed by atoms with van der Waals surface area (Å²) in [6.45, 7) is 17.9. The molecule has 0 unspecified atom stereocenters. The average Bonchev–Trinajstić information content (AvgIpc) is 1.72. The van der Waals surface area contributed by atoms with Crippen LogP contribution in [-0.4, -0.2) is 197 Å². The molecule has 3 fully saturated rings. The van der Waals surface area contributed by atoms with Crippen molar-refractivity contribution in [2.75, 3.05) is 126 Å². The molecule has 0 aliphatic carbocycles. The molecular formula is C88H106N10O15S6. The first kappa shape index (κ1) is 93.7. The third-order valence-corrected chi connectivity index (χ3v) is 23.4.